The molecule has 0 spiro atoms. The molecule has 14 heavy (non-hydrogen) atoms. The molecule has 0 saturated carbocycles. The molecule has 1 aromatic carbocycles. The standard InChI is InChI=1S/C10H9ClN2O/c11-8-3-1-2-7-9(12)6(5-14)4-13-10(7)8/h1-4,14H,5H2,(H2,12,13). The lowest BCUT2D eigenvalue weighted by atomic mass is 10.1. The summed E-state index contributed by atoms with van der Waals surface area (Å²) in [5.74, 6) is 0. The summed E-state index contributed by atoms with van der Waals surface area (Å²) in [6.45, 7) is -0.110. The fourth-order valence-electron chi connectivity index (χ4n) is 1.37. The summed E-state index contributed by atoms with van der Waals surface area (Å²) in [5.41, 5.74) is 7.68. The smallest absolute Gasteiger partial charge is 0.0909 e. The number of hydrogen-bond acceptors (Lipinski definition) is 3. The van der Waals surface area contributed by atoms with Crippen LogP contribution in [0.15, 0.2) is 24.4 Å². The molecular weight excluding hydrogens is 200 g/mol. The van der Waals surface area contributed by atoms with Gasteiger partial charge in [-0.3, -0.25) is 4.98 Å². The summed E-state index contributed by atoms with van der Waals surface area (Å²) in [4.78, 5) is 4.14. The first-order chi connectivity index (χ1) is 6.74. The normalized spacial score (nSPS) is 10.7. The Labute approximate surface area is 86.1 Å². The molecule has 2 rings (SSSR count). The van der Waals surface area contributed by atoms with E-state index in [1.54, 1.807) is 12.3 Å². The molecule has 0 radical (unpaired) electrons. The summed E-state index contributed by atoms with van der Waals surface area (Å²) in [7, 11) is 0. The number of nitrogens with zero attached hydrogens (tertiary/aromatic N) is 1. The van der Waals surface area contributed by atoms with Crippen molar-refractivity contribution >= 4 is 28.2 Å². The molecule has 0 aliphatic carbocycles. The predicted molar refractivity (Wildman–Crippen MR) is 57.1 cm³/mol. The molecule has 4 heteroatoms. The van der Waals surface area contributed by atoms with Gasteiger partial charge >= 0.3 is 0 Å². The number of halogens is 1. The maximum absolute atomic E-state index is 8.99. The van der Waals surface area contributed by atoms with Crippen LogP contribution in [0.4, 0.5) is 5.69 Å². The van der Waals surface area contributed by atoms with Crippen molar-refractivity contribution in [2.75, 3.05) is 5.73 Å². The second kappa shape index (κ2) is 3.44. The topological polar surface area (TPSA) is 59.1 Å². The number of aliphatic hydroxyl groups is 1. The minimum absolute atomic E-state index is 0.110. The molecule has 1 aromatic heterocycles. The molecule has 72 valence electrons. The molecule has 0 saturated heterocycles. The van der Waals surface area contributed by atoms with Crippen molar-refractivity contribution in [1.82, 2.24) is 4.98 Å². The van der Waals surface area contributed by atoms with Crippen LogP contribution in [0.5, 0.6) is 0 Å². The number of fused-ring (bicyclic) bond motifs is 1. The number of anilines is 1. The van der Waals surface area contributed by atoms with Gasteiger partial charge in [0.15, 0.2) is 0 Å². The fraction of sp³-hybridized carbons (Fsp3) is 0.100. The van der Waals surface area contributed by atoms with E-state index in [9.17, 15) is 0 Å². The highest BCUT2D eigenvalue weighted by molar-refractivity contribution is 6.35. The van der Waals surface area contributed by atoms with Gasteiger partial charge in [0, 0.05) is 22.8 Å². The Kier molecular flexibility index (Phi) is 2.27. The van der Waals surface area contributed by atoms with Crippen LogP contribution in [0.3, 0.4) is 0 Å². The second-order valence-corrected chi connectivity index (χ2v) is 3.40. The third kappa shape index (κ3) is 1.31. The molecule has 3 N–H and O–H groups in total. The fourth-order valence-corrected chi connectivity index (χ4v) is 1.60. The Morgan fingerprint density at radius 1 is 1.43 bits per heavy atom. The van der Waals surface area contributed by atoms with E-state index in [1.165, 1.54) is 0 Å². The van der Waals surface area contributed by atoms with Crippen LogP contribution in [0, 0.1) is 0 Å². The maximum Gasteiger partial charge on any atom is 0.0909 e. The van der Waals surface area contributed by atoms with Gasteiger partial charge in [0.2, 0.25) is 0 Å². The van der Waals surface area contributed by atoms with Crippen LogP contribution in [0.2, 0.25) is 5.02 Å². The van der Waals surface area contributed by atoms with Gasteiger partial charge < -0.3 is 10.8 Å². The van der Waals surface area contributed by atoms with E-state index >= 15 is 0 Å². The molecular formula is C10H9ClN2O. The zero-order valence-electron chi connectivity index (χ0n) is 7.37. The van der Waals surface area contributed by atoms with Crippen LogP contribution in [0.25, 0.3) is 10.9 Å². The van der Waals surface area contributed by atoms with E-state index in [1.807, 2.05) is 12.1 Å². The average Bonchev–Trinajstić information content (AvgIpc) is 2.20. The van der Waals surface area contributed by atoms with Crippen LogP contribution in [0.1, 0.15) is 5.56 Å². The molecule has 0 bridgehead atoms. The average molecular weight is 209 g/mol. The molecule has 0 aliphatic heterocycles. The van der Waals surface area contributed by atoms with Gasteiger partial charge in [0.25, 0.3) is 0 Å². The van der Waals surface area contributed by atoms with Gasteiger partial charge in [-0.15, -0.1) is 0 Å². The first-order valence-electron chi connectivity index (χ1n) is 4.16. The van der Waals surface area contributed by atoms with Crippen LogP contribution >= 0.6 is 11.6 Å². The monoisotopic (exact) mass is 208 g/mol. The lowest BCUT2D eigenvalue weighted by Crippen LogP contribution is -1.97. The molecule has 0 aliphatic rings. The van der Waals surface area contributed by atoms with Gasteiger partial charge in [-0.1, -0.05) is 23.7 Å². The first kappa shape index (κ1) is 9.24. The van der Waals surface area contributed by atoms with Crippen molar-refractivity contribution < 1.29 is 5.11 Å². The predicted octanol–water partition coefficient (Wildman–Crippen LogP) is 1.96. The van der Waals surface area contributed by atoms with Crippen molar-refractivity contribution in [3.05, 3.63) is 35.0 Å². The van der Waals surface area contributed by atoms with E-state index in [0.717, 1.165) is 5.39 Å². The Morgan fingerprint density at radius 3 is 2.93 bits per heavy atom. The molecule has 1 heterocycles. The van der Waals surface area contributed by atoms with E-state index in [0.29, 0.717) is 21.8 Å². The van der Waals surface area contributed by atoms with Crippen molar-refractivity contribution in [3.63, 3.8) is 0 Å². The quantitative estimate of drug-likeness (QED) is 0.753. The third-order valence-electron chi connectivity index (χ3n) is 2.14. The number of pyridine rings is 1. The lowest BCUT2D eigenvalue weighted by molar-refractivity contribution is 0.282. The minimum Gasteiger partial charge on any atom is -0.398 e. The van der Waals surface area contributed by atoms with Gasteiger partial charge in [-0.2, -0.15) is 0 Å². The third-order valence-corrected chi connectivity index (χ3v) is 2.45. The van der Waals surface area contributed by atoms with E-state index < -0.39 is 0 Å². The van der Waals surface area contributed by atoms with Crippen molar-refractivity contribution in [3.8, 4) is 0 Å². The highest BCUT2D eigenvalue weighted by Gasteiger charge is 2.06. The number of rotatable bonds is 1. The van der Waals surface area contributed by atoms with Crippen molar-refractivity contribution in [1.29, 1.82) is 0 Å². The zero-order chi connectivity index (χ0) is 10.1. The zero-order valence-corrected chi connectivity index (χ0v) is 8.12. The number of nitrogens with two attached hydrogens (primary N) is 1. The molecule has 0 atom stereocenters. The van der Waals surface area contributed by atoms with Crippen molar-refractivity contribution in [2.24, 2.45) is 0 Å². The number of aromatic nitrogens is 1. The van der Waals surface area contributed by atoms with Crippen molar-refractivity contribution in [2.45, 2.75) is 6.61 Å². The number of hydrogen-bond donors (Lipinski definition) is 2. The summed E-state index contributed by atoms with van der Waals surface area (Å²) in [5, 5.41) is 10.3. The van der Waals surface area contributed by atoms with Crippen LogP contribution in [-0.2, 0) is 6.61 Å². The number of benzene rings is 1. The number of aliphatic hydroxyl groups excluding tert-OH is 1. The molecule has 0 fully saturated rings. The Bertz CT molecular complexity index is 485. The Balaban J connectivity index is 2.84. The molecule has 2 aromatic rings. The second-order valence-electron chi connectivity index (χ2n) is 2.99. The van der Waals surface area contributed by atoms with E-state index in [4.69, 9.17) is 22.4 Å². The summed E-state index contributed by atoms with van der Waals surface area (Å²) in [6.07, 6.45) is 1.55. The van der Waals surface area contributed by atoms with Crippen LogP contribution in [-0.4, -0.2) is 10.1 Å². The van der Waals surface area contributed by atoms with Gasteiger partial charge in [-0.25, -0.2) is 0 Å². The Morgan fingerprint density at radius 2 is 2.21 bits per heavy atom. The molecule has 3 nitrogen and oxygen atoms in total. The minimum atomic E-state index is -0.110. The summed E-state index contributed by atoms with van der Waals surface area (Å²) >= 11 is 5.94. The molecule has 0 unspecified atom stereocenters. The molecule has 0 amide bonds. The summed E-state index contributed by atoms with van der Waals surface area (Å²) < 4.78 is 0. The van der Waals surface area contributed by atoms with E-state index in [-0.39, 0.29) is 6.61 Å². The first-order valence-corrected chi connectivity index (χ1v) is 4.54. The SMILES string of the molecule is Nc1c(CO)cnc2c(Cl)cccc12. The largest absolute Gasteiger partial charge is 0.398 e. The number of para-hydroxylation sites is 1. The van der Waals surface area contributed by atoms with Gasteiger partial charge in [0.1, 0.15) is 0 Å². The van der Waals surface area contributed by atoms with Gasteiger partial charge in [0.05, 0.1) is 17.1 Å². The number of nitrogen functional groups attached to an aromatic ring is 1. The maximum atomic E-state index is 8.99. The lowest BCUT2D eigenvalue weighted by Gasteiger charge is -2.06. The highest BCUT2D eigenvalue weighted by atomic mass is 35.5. The van der Waals surface area contributed by atoms with Gasteiger partial charge in [-0.05, 0) is 6.07 Å². The van der Waals surface area contributed by atoms with E-state index in [2.05, 4.69) is 4.98 Å². The van der Waals surface area contributed by atoms with Crippen LogP contribution < -0.4 is 5.73 Å². The summed E-state index contributed by atoms with van der Waals surface area (Å²) in [6, 6.07) is 5.40. The Hall–Kier alpha value is -1.32. The highest BCUT2D eigenvalue weighted by Crippen LogP contribution is 2.27.